The summed E-state index contributed by atoms with van der Waals surface area (Å²) in [5, 5.41) is 13.2. The fourth-order valence-electron chi connectivity index (χ4n) is 2.78. The molecule has 0 amide bonds. The van der Waals surface area contributed by atoms with E-state index in [0.29, 0.717) is 11.8 Å². The highest BCUT2D eigenvalue weighted by Gasteiger charge is 2.33. The second-order valence-corrected chi connectivity index (χ2v) is 6.23. The minimum Gasteiger partial charge on any atom is -0.508 e. The Morgan fingerprint density at radius 2 is 2.21 bits per heavy atom. The number of nitrogens with zero attached hydrogens (tertiary/aromatic N) is 1. The van der Waals surface area contributed by atoms with Gasteiger partial charge in [0, 0.05) is 31.2 Å². The molecule has 0 radical (unpaired) electrons. The zero-order chi connectivity index (χ0) is 13.9. The fourth-order valence-corrected chi connectivity index (χ4v) is 2.78. The number of aromatic hydroxyl groups is 1. The average molecular weight is 262 g/mol. The van der Waals surface area contributed by atoms with Crippen molar-refractivity contribution < 1.29 is 5.11 Å². The number of phenols is 1. The first-order valence-electron chi connectivity index (χ1n) is 7.27. The zero-order valence-corrected chi connectivity index (χ0v) is 12.3. The van der Waals surface area contributed by atoms with E-state index in [0.717, 1.165) is 19.6 Å². The molecule has 0 spiro atoms. The standard InChI is InChI=1S/C16H26N2O/c1-4-6-14-11-18(16(2,3)12-17-14)10-13-7-5-8-15(19)9-13/h5,7-9,14,17,19H,4,6,10-12H2,1-3H3. The minimum atomic E-state index is 0.162. The van der Waals surface area contributed by atoms with Crippen LogP contribution in [-0.4, -0.2) is 34.7 Å². The molecule has 0 aliphatic carbocycles. The number of hydrogen-bond acceptors (Lipinski definition) is 3. The first-order chi connectivity index (χ1) is 9.01. The predicted molar refractivity (Wildman–Crippen MR) is 79.3 cm³/mol. The van der Waals surface area contributed by atoms with Gasteiger partial charge in [-0.2, -0.15) is 0 Å². The molecule has 2 N–H and O–H groups in total. The number of benzene rings is 1. The van der Waals surface area contributed by atoms with Gasteiger partial charge in [0.2, 0.25) is 0 Å². The van der Waals surface area contributed by atoms with Crippen molar-refractivity contribution in [2.45, 2.75) is 51.7 Å². The first kappa shape index (κ1) is 14.4. The van der Waals surface area contributed by atoms with Crippen molar-refractivity contribution in [2.75, 3.05) is 13.1 Å². The van der Waals surface area contributed by atoms with Crippen molar-refractivity contribution in [1.82, 2.24) is 10.2 Å². The van der Waals surface area contributed by atoms with Crippen molar-refractivity contribution in [1.29, 1.82) is 0 Å². The molecule has 106 valence electrons. The summed E-state index contributed by atoms with van der Waals surface area (Å²) in [6.45, 7) is 9.81. The van der Waals surface area contributed by atoms with Gasteiger partial charge in [0.15, 0.2) is 0 Å². The normalized spacial score (nSPS) is 23.4. The molecule has 1 heterocycles. The van der Waals surface area contributed by atoms with Crippen molar-refractivity contribution >= 4 is 0 Å². The van der Waals surface area contributed by atoms with Crippen LogP contribution in [0.15, 0.2) is 24.3 Å². The third kappa shape index (κ3) is 3.71. The van der Waals surface area contributed by atoms with E-state index in [1.807, 2.05) is 12.1 Å². The van der Waals surface area contributed by atoms with Crippen LogP contribution in [0.3, 0.4) is 0 Å². The Hall–Kier alpha value is -1.06. The average Bonchev–Trinajstić information content (AvgIpc) is 2.34. The number of phenolic OH excluding ortho intramolecular Hbond substituents is 1. The zero-order valence-electron chi connectivity index (χ0n) is 12.3. The summed E-state index contributed by atoms with van der Waals surface area (Å²) in [7, 11) is 0. The van der Waals surface area contributed by atoms with Crippen LogP contribution < -0.4 is 5.32 Å². The summed E-state index contributed by atoms with van der Waals surface area (Å²) in [4.78, 5) is 2.53. The largest absolute Gasteiger partial charge is 0.508 e. The van der Waals surface area contributed by atoms with Gasteiger partial charge in [-0.3, -0.25) is 4.90 Å². The van der Waals surface area contributed by atoms with E-state index in [2.05, 4.69) is 37.1 Å². The van der Waals surface area contributed by atoms with Crippen molar-refractivity contribution in [3.05, 3.63) is 29.8 Å². The van der Waals surface area contributed by atoms with Crippen LogP contribution in [0, 0.1) is 0 Å². The van der Waals surface area contributed by atoms with Crippen LogP contribution in [0.2, 0.25) is 0 Å². The Kier molecular flexibility index (Phi) is 4.48. The van der Waals surface area contributed by atoms with Crippen LogP contribution in [0.4, 0.5) is 0 Å². The Bertz CT molecular complexity index is 417. The molecule has 0 aromatic heterocycles. The van der Waals surface area contributed by atoms with Crippen molar-refractivity contribution in [3.63, 3.8) is 0 Å². The second-order valence-electron chi connectivity index (χ2n) is 6.23. The molecule has 0 saturated carbocycles. The Morgan fingerprint density at radius 3 is 2.89 bits per heavy atom. The summed E-state index contributed by atoms with van der Waals surface area (Å²) in [5.41, 5.74) is 1.35. The van der Waals surface area contributed by atoms with Gasteiger partial charge >= 0.3 is 0 Å². The minimum absolute atomic E-state index is 0.162. The number of hydrogen-bond donors (Lipinski definition) is 2. The van der Waals surface area contributed by atoms with Gasteiger partial charge in [-0.15, -0.1) is 0 Å². The van der Waals surface area contributed by atoms with Gasteiger partial charge < -0.3 is 10.4 Å². The molecule has 1 saturated heterocycles. The summed E-state index contributed by atoms with van der Waals surface area (Å²) in [6.07, 6.45) is 2.45. The van der Waals surface area contributed by atoms with Crippen molar-refractivity contribution in [3.8, 4) is 5.75 Å². The van der Waals surface area contributed by atoms with Gasteiger partial charge in [-0.05, 0) is 38.0 Å². The molecule has 1 aromatic rings. The van der Waals surface area contributed by atoms with E-state index in [4.69, 9.17) is 0 Å². The molecular formula is C16H26N2O. The van der Waals surface area contributed by atoms with Crippen LogP contribution in [0.1, 0.15) is 39.2 Å². The molecule has 2 rings (SSSR count). The topological polar surface area (TPSA) is 35.5 Å². The van der Waals surface area contributed by atoms with Gasteiger partial charge in [0.1, 0.15) is 5.75 Å². The molecule has 1 aliphatic heterocycles. The van der Waals surface area contributed by atoms with E-state index in [1.54, 1.807) is 6.07 Å². The highest BCUT2D eigenvalue weighted by molar-refractivity contribution is 5.27. The summed E-state index contributed by atoms with van der Waals surface area (Å²) in [6, 6.07) is 8.20. The van der Waals surface area contributed by atoms with E-state index >= 15 is 0 Å². The molecule has 1 unspecified atom stereocenters. The number of rotatable bonds is 4. The maximum absolute atomic E-state index is 9.58. The third-order valence-electron chi connectivity index (χ3n) is 4.04. The lowest BCUT2D eigenvalue weighted by Crippen LogP contribution is -2.61. The Balaban J connectivity index is 2.06. The van der Waals surface area contributed by atoms with Crippen LogP contribution in [0.25, 0.3) is 0 Å². The number of piperazine rings is 1. The molecule has 1 atom stereocenters. The van der Waals surface area contributed by atoms with Crippen LogP contribution in [0.5, 0.6) is 5.75 Å². The monoisotopic (exact) mass is 262 g/mol. The Labute approximate surface area is 116 Å². The van der Waals surface area contributed by atoms with Crippen molar-refractivity contribution in [2.24, 2.45) is 0 Å². The van der Waals surface area contributed by atoms with E-state index < -0.39 is 0 Å². The molecule has 0 bridgehead atoms. The molecule has 1 aromatic carbocycles. The third-order valence-corrected chi connectivity index (χ3v) is 4.04. The van der Waals surface area contributed by atoms with Gasteiger partial charge in [0.25, 0.3) is 0 Å². The summed E-state index contributed by atoms with van der Waals surface area (Å²) < 4.78 is 0. The van der Waals surface area contributed by atoms with Gasteiger partial charge in [-0.25, -0.2) is 0 Å². The molecule has 3 nitrogen and oxygen atoms in total. The summed E-state index contributed by atoms with van der Waals surface area (Å²) in [5.74, 6) is 0.357. The second kappa shape index (κ2) is 5.93. The predicted octanol–water partition coefficient (Wildman–Crippen LogP) is 2.74. The lowest BCUT2D eigenvalue weighted by molar-refractivity contribution is 0.0563. The molecule has 3 heteroatoms. The number of nitrogens with one attached hydrogen (secondary N) is 1. The first-order valence-corrected chi connectivity index (χ1v) is 7.27. The Morgan fingerprint density at radius 1 is 1.42 bits per heavy atom. The summed E-state index contributed by atoms with van der Waals surface area (Å²) >= 11 is 0. The molecule has 1 aliphatic rings. The lowest BCUT2D eigenvalue weighted by atomic mass is 9.95. The SMILES string of the molecule is CCCC1CN(Cc2cccc(O)c2)C(C)(C)CN1. The van der Waals surface area contributed by atoms with E-state index in [9.17, 15) is 5.11 Å². The highest BCUT2D eigenvalue weighted by atomic mass is 16.3. The maximum Gasteiger partial charge on any atom is 0.115 e. The lowest BCUT2D eigenvalue weighted by Gasteiger charge is -2.46. The quantitative estimate of drug-likeness (QED) is 0.876. The van der Waals surface area contributed by atoms with E-state index in [-0.39, 0.29) is 5.54 Å². The van der Waals surface area contributed by atoms with E-state index in [1.165, 1.54) is 18.4 Å². The maximum atomic E-state index is 9.58. The van der Waals surface area contributed by atoms with Gasteiger partial charge in [0.05, 0.1) is 0 Å². The molecule has 1 fully saturated rings. The highest BCUT2D eigenvalue weighted by Crippen LogP contribution is 2.23. The molecular weight excluding hydrogens is 236 g/mol. The fraction of sp³-hybridized carbons (Fsp3) is 0.625. The molecule has 19 heavy (non-hydrogen) atoms. The van der Waals surface area contributed by atoms with Crippen LogP contribution in [-0.2, 0) is 6.54 Å². The van der Waals surface area contributed by atoms with Crippen LogP contribution >= 0.6 is 0 Å². The smallest absolute Gasteiger partial charge is 0.115 e. The van der Waals surface area contributed by atoms with Gasteiger partial charge in [-0.1, -0.05) is 25.5 Å².